The van der Waals surface area contributed by atoms with Crippen LogP contribution in [0, 0.1) is 0 Å². The van der Waals surface area contributed by atoms with Crippen molar-refractivity contribution in [1.82, 2.24) is 0 Å². The minimum Gasteiger partial charge on any atom is -0.414 e. The van der Waals surface area contributed by atoms with E-state index in [1.807, 2.05) is 30.3 Å². The van der Waals surface area contributed by atoms with E-state index in [1.54, 1.807) is 18.2 Å². The lowest BCUT2D eigenvalue weighted by Gasteiger charge is -2.08. The molecule has 0 spiro atoms. The second-order valence-electron chi connectivity index (χ2n) is 5.49. The van der Waals surface area contributed by atoms with Crippen LogP contribution in [0.3, 0.4) is 0 Å². The molecule has 0 aliphatic rings. The summed E-state index contributed by atoms with van der Waals surface area (Å²) in [6.45, 7) is 0. The molecule has 0 aliphatic carbocycles. The maximum Gasteiger partial charge on any atom is 0.396 e. The van der Waals surface area contributed by atoms with Gasteiger partial charge in [0.15, 0.2) is 5.58 Å². The molecule has 0 amide bonds. The maximum absolute atomic E-state index is 12.5. The van der Waals surface area contributed by atoms with Crippen molar-refractivity contribution in [3.05, 3.63) is 82.5 Å². The van der Waals surface area contributed by atoms with Gasteiger partial charge in [-0.1, -0.05) is 53.8 Å². The number of hydrogen-bond acceptors (Lipinski definition) is 6. The molecule has 7 heteroatoms. The van der Waals surface area contributed by atoms with Gasteiger partial charge in [-0.05, 0) is 35.4 Å². The molecule has 3 aromatic carbocycles. The van der Waals surface area contributed by atoms with Crippen molar-refractivity contribution in [1.29, 1.82) is 0 Å². The smallest absolute Gasteiger partial charge is 0.396 e. The summed E-state index contributed by atoms with van der Waals surface area (Å²) in [6.07, 6.45) is 0. The zero-order chi connectivity index (χ0) is 18.1. The van der Waals surface area contributed by atoms with Crippen LogP contribution in [0.2, 0.25) is 0 Å². The van der Waals surface area contributed by atoms with Gasteiger partial charge in [0.1, 0.15) is 10.6 Å². The minimum atomic E-state index is -3.99. The molecule has 0 saturated carbocycles. The van der Waals surface area contributed by atoms with Crippen LogP contribution in [0.4, 0.5) is 0 Å². The quantitative estimate of drug-likeness (QED) is 0.491. The molecule has 0 fully saturated rings. The summed E-state index contributed by atoms with van der Waals surface area (Å²) in [5.74, 6) is 0.0891. The summed E-state index contributed by atoms with van der Waals surface area (Å²) in [5.41, 5.74) is 2.20. The predicted molar refractivity (Wildman–Crippen MR) is 100 cm³/mol. The Balaban J connectivity index is 1.62. The van der Waals surface area contributed by atoms with Crippen molar-refractivity contribution < 1.29 is 17.0 Å². The molecule has 1 aromatic heterocycles. The molecule has 4 aromatic rings. The molecule has 130 valence electrons. The van der Waals surface area contributed by atoms with Crippen LogP contribution in [0.1, 0.15) is 0 Å². The van der Waals surface area contributed by atoms with E-state index in [2.05, 4.69) is 0 Å². The molecule has 26 heavy (non-hydrogen) atoms. The summed E-state index contributed by atoms with van der Waals surface area (Å²) in [4.78, 5) is 10.8. The molecule has 1 heterocycles. The highest BCUT2D eigenvalue weighted by Crippen LogP contribution is 2.26. The van der Waals surface area contributed by atoms with Gasteiger partial charge in [-0.2, -0.15) is 8.42 Å². The van der Waals surface area contributed by atoms with E-state index in [4.69, 9.17) is 8.60 Å². The molecule has 4 rings (SSSR count). The monoisotopic (exact) mass is 384 g/mol. The third-order valence-electron chi connectivity index (χ3n) is 3.76. The number of hydrogen-bond donors (Lipinski definition) is 0. The van der Waals surface area contributed by atoms with Crippen LogP contribution >= 0.6 is 11.3 Å². The molecule has 0 N–H and O–H groups in total. The van der Waals surface area contributed by atoms with E-state index in [1.165, 1.54) is 24.3 Å². The average molecular weight is 384 g/mol. The van der Waals surface area contributed by atoms with E-state index in [0.717, 1.165) is 22.5 Å². The Hall–Kier alpha value is -2.90. The van der Waals surface area contributed by atoms with Crippen molar-refractivity contribution in [2.24, 2.45) is 0 Å². The second-order valence-corrected chi connectivity index (χ2v) is 8.01. The van der Waals surface area contributed by atoms with Crippen LogP contribution in [-0.2, 0) is 10.1 Å². The lowest BCUT2D eigenvalue weighted by molar-refractivity contribution is 0.485. The van der Waals surface area contributed by atoms with Gasteiger partial charge in [0, 0.05) is 6.07 Å². The van der Waals surface area contributed by atoms with Crippen LogP contribution < -0.4 is 9.12 Å². The molecule has 0 atom stereocenters. The molecule has 0 unspecified atom stereocenters. The minimum absolute atomic E-state index is 0.0454. The highest BCUT2D eigenvalue weighted by atomic mass is 32.2. The molecule has 0 bridgehead atoms. The summed E-state index contributed by atoms with van der Waals surface area (Å²) >= 11 is 0.947. The van der Waals surface area contributed by atoms with Crippen LogP contribution in [-0.4, -0.2) is 8.42 Å². The van der Waals surface area contributed by atoms with Crippen molar-refractivity contribution in [2.45, 2.75) is 4.90 Å². The number of benzene rings is 3. The third kappa shape index (κ3) is 3.26. The predicted octanol–water partition coefficient (Wildman–Crippen LogP) is 4.29. The number of rotatable bonds is 4. The first kappa shape index (κ1) is 16.6. The van der Waals surface area contributed by atoms with Gasteiger partial charge in [0.05, 0.1) is 4.70 Å². The Morgan fingerprint density at radius 1 is 0.846 bits per heavy atom. The lowest BCUT2D eigenvalue weighted by Crippen LogP contribution is -2.09. The summed E-state index contributed by atoms with van der Waals surface area (Å²) in [5, 5.41) is 0. The van der Waals surface area contributed by atoms with Crippen molar-refractivity contribution >= 4 is 31.7 Å². The fourth-order valence-electron chi connectivity index (χ4n) is 2.52. The van der Waals surface area contributed by atoms with E-state index < -0.39 is 15.1 Å². The van der Waals surface area contributed by atoms with Crippen molar-refractivity contribution in [3.63, 3.8) is 0 Å². The topological polar surface area (TPSA) is 73.6 Å². The van der Waals surface area contributed by atoms with Crippen molar-refractivity contribution in [2.75, 3.05) is 0 Å². The Morgan fingerprint density at radius 2 is 1.54 bits per heavy atom. The van der Waals surface area contributed by atoms with Crippen molar-refractivity contribution in [3.8, 4) is 16.9 Å². The molecule has 5 nitrogen and oxygen atoms in total. The fraction of sp³-hybridized carbons (Fsp3) is 0. The van der Waals surface area contributed by atoms with Crippen LogP contribution in [0.5, 0.6) is 5.75 Å². The Kier molecular flexibility index (Phi) is 4.10. The molecular weight excluding hydrogens is 372 g/mol. The van der Waals surface area contributed by atoms with E-state index >= 15 is 0 Å². The van der Waals surface area contributed by atoms with Gasteiger partial charge in [0.2, 0.25) is 0 Å². The second kappa shape index (κ2) is 6.44. The highest BCUT2D eigenvalue weighted by Gasteiger charge is 2.17. The highest BCUT2D eigenvalue weighted by molar-refractivity contribution is 7.87. The normalized spacial score (nSPS) is 11.5. The summed E-state index contributed by atoms with van der Waals surface area (Å²) < 4.78 is 35.7. The van der Waals surface area contributed by atoms with Gasteiger partial charge in [-0.15, -0.1) is 0 Å². The Labute approximate surface area is 153 Å². The third-order valence-corrected chi connectivity index (χ3v) is 5.83. The standard InChI is InChI=1S/C19H12O5S2/c20-19-23-17-12-15(8-11-18(17)25-19)24-26(21,22)16-9-6-14(7-10-16)13-4-2-1-3-5-13/h1-12H. The van der Waals surface area contributed by atoms with Gasteiger partial charge < -0.3 is 8.60 Å². The Morgan fingerprint density at radius 3 is 2.27 bits per heavy atom. The van der Waals surface area contributed by atoms with Crippen LogP contribution in [0.25, 0.3) is 21.4 Å². The Bertz CT molecular complexity index is 1220. The molecular formula is C19H12O5S2. The van der Waals surface area contributed by atoms with Gasteiger partial charge in [-0.3, -0.25) is 0 Å². The lowest BCUT2D eigenvalue weighted by atomic mass is 10.1. The largest absolute Gasteiger partial charge is 0.414 e. The van der Waals surface area contributed by atoms with Crippen LogP contribution in [0.15, 0.2) is 86.9 Å². The molecule has 0 radical (unpaired) electrons. The summed E-state index contributed by atoms with van der Waals surface area (Å²) in [7, 11) is -3.99. The number of fused-ring (bicyclic) bond motifs is 1. The first-order chi connectivity index (χ1) is 12.5. The first-order valence-corrected chi connectivity index (χ1v) is 9.87. The SMILES string of the molecule is O=c1oc2cc(OS(=O)(=O)c3ccc(-c4ccccc4)cc3)ccc2s1. The van der Waals surface area contributed by atoms with Gasteiger partial charge >= 0.3 is 15.1 Å². The first-order valence-electron chi connectivity index (χ1n) is 7.65. The average Bonchev–Trinajstić information content (AvgIpc) is 3.01. The fourth-order valence-corrected chi connectivity index (χ4v) is 4.10. The van der Waals surface area contributed by atoms with E-state index in [9.17, 15) is 13.2 Å². The van der Waals surface area contributed by atoms with Gasteiger partial charge in [0.25, 0.3) is 0 Å². The molecule has 0 saturated heterocycles. The van der Waals surface area contributed by atoms with E-state index in [0.29, 0.717) is 10.3 Å². The maximum atomic E-state index is 12.5. The van der Waals surface area contributed by atoms with Gasteiger partial charge in [-0.25, -0.2) is 4.79 Å². The zero-order valence-corrected chi connectivity index (χ0v) is 14.9. The van der Waals surface area contributed by atoms with E-state index in [-0.39, 0.29) is 10.6 Å². The molecule has 0 aliphatic heterocycles. The summed E-state index contributed by atoms with van der Waals surface area (Å²) in [6, 6.07) is 20.6. The zero-order valence-electron chi connectivity index (χ0n) is 13.3.